The van der Waals surface area contributed by atoms with E-state index in [2.05, 4.69) is 206 Å². The Morgan fingerprint density at radius 1 is 0.367 bits per heavy atom. The lowest BCUT2D eigenvalue weighted by Gasteiger charge is -2.54. The first kappa shape index (κ1) is 37.2. The van der Waals surface area contributed by atoms with Crippen LogP contribution in [0.3, 0.4) is 0 Å². The van der Waals surface area contributed by atoms with Crippen LogP contribution in [0, 0.1) is 11.8 Å². The number of fused-ring (bicyclic) bond motifs is 2. The maximum atomic E-state index is 7.99. The number of benzene rings is 8. The average molecular weight is 813 g/mol. The van der Waals surface area contributed by atoms with Gasteiger partial charge in [-0.2, -0.15) is 0 Å². The zero-order chi connectivity index (χ0) is 39.9. The second-order valence-electron chi connectivity index (χ2n) is 16.3. The van der Waals surface area contributed by atoms with Crippen molar-refractivity contribution < 1.29 is 9.47 Å². The highest BCUT2D eigenvalue weighted by atomic mass is 31.1. The third-order valence-electron chi connectivity index (χ3n) is 12.8. The highest BCUT2D eigenvalue weighted by Gasteiger charge is 2.58. The summed E-state index contributed by atoms with van der Waals surface area (Å²) < 4.78 is 16.0. The molecule has 1 aliphatic carbocycles. The van der Waals surface area contributed by atoms with E-state index in [4.69, 9.17) is 9.47 Å². The van der Waals surface area contributed by atoms with E-state index in [1.54, 1.807) is 0 Å². The Bertz CT molecular complexity index is 2470. The SMILES string of the molecule is c1ccc(-c2ccc3c(c2P(c2ccccc2)c2ccccc2)OC24Oc5c(ccc(-c6ccccc6)c5P(c5ccccc5)c5ccccc5)C[C@H]2CCC[C@@H]4C3)cc1. The molecule has 1 fully saturated rings. The van der Waals surface area contributed by atoms with Gasteiger partial charge in [0.1, 0.15) is 11.5 Å². The van der Waals surface area contributed by atoms with Crippen LogP contribution in [-0.2, 0) is 12.8 Å². The molecule has 1 spiro atoms. The van der Waals surface area contributed by atoms with Gasteiger partial charge in [-0.3, -0.25) is 0 Å². The van der Waals surface area contributed by atoms with Crippen LogP contribution in [0.15, 0.2) is 206 Å². The average Bonchev–Trinajstić information content (AvgIpc) is 3.32. The summed E-state index contributed by atoms with van der Waals surface area (Å²) in [6, 6.07) is 75.7. The second kappa shape index (κ2) is 16.0. The largest absolute Gasteiger partial charge is 0.451 e. The molecule has 0 aromatic heterocycles. The Morgan fingerprint density at radius 2 is 0.683 bits per heavy atom. The highest BCUT2D eigenvalue weighted by Crippen LogP contribution is 2.56. The molecule has 1 saturated carbocycles. The van der Waals surface area contributed by atoms with Crippen LogP contribution in [0.5, 0.6) is 11.5 Å². The molecule has 0 bridgehead atoms. The molecule has 3 aliphatic rings. The van der Waals surface area contributed by atoms with Crippen molar-refractivity contribution in [1.29, 1.82) is 0 Å². The first-order valence-corrected chi connectivity index (χ1v) is 24.0. The first-order chi connectivity index (χ1) is 29.7. The molecule has 292 valence electrons. The van der Waals surface area contributed by atoms with Crippen LogP contribution in [0.1, 0.15) is 30.4 Å². The quantitative estimate of drug-likeness (QED) is 0.142. The Labute approximate surface area is 356 Å². The van der Waals surface area contributed by atoms with Gasteiger partial charge in [0.15, 0.2) is 0 Å². The van der Waals surface area contributed by atoms with Gasteiger partial charge in [0, 0.05) is 22.4 Å². The van der Waals surface area contributed by atoms with Crippen LogP contribution in [0.25, 0.3) is 22.3 Å². The molecule has 2 aliphatic heterocycles. The Balaban J connectivity index is 1.15. The summed E-state index contributed by atoms with van der Waals surface area (Å²) in [7, 11) is -2.00. The van der Waals surface area contributed by atoms with E-state index in [0.29, 0.717) is 0 Å². The predicted octanol–water partition coefficient (Wildman–Crippen LogP) is 11.2. The van der Waals surface area contributed by atoms with Crippen molar-refractivity contribution in [2.75, 3.05) is 0 Å². The molecule has 0 N–H and O–H groups in total. The number of hydrogen-bond acceptors (Lipinski definition) is 2. The van der Waals surface area contributed by atoms with Crippen molar-refractivity contribution >= 4 is 47.7 Å². The van der Waals surface area contributed by atoms with Crippen LogP contribution in [0.2, 0.25) is 0 Å². The van der Waals surface area contributed by atoms with E-state index in [1.807, 2.05) is 0 Å². The van der Waals surface area contributed by atoms with Crippen LogP contribution in [0.4, 0.5) is 0 Å². The minimum Gasteiger partial charge on any atom is -0.451 e. The zero-order valence-corrected chi connectivity index (χ0v) is 35.3. The van der Waals surface area contributed by atoms with Crippen molar-refractivity contribution in [3.05, 3.63) is 217 Å². The highest BCUT2D eigenvalue weighted by molar-refractivity contribution is 7.80. The topological polar surface area (TPSA) is 18.5 Å². The second-order valence-corrected chi connectivity index (χ2v) is 20.6. The molecule has 8 aromatic carbocycles. The summed E-state index contributed by atoms with van der Waals surface area (Å²) in [5, 5.41) is 7.82. The number of ether oxygens (including phenoxy) is 2. The standard InChI is InChI=1S/C56H46O2P2/c1-7-20-40(21-8-1)50-36-34-42-38-44-24-19-25-45-39-43-35-37-51(41-22-9-2-10-23-41)55(60(48-30-15-5-16-31-48)49-32-17-6-18-33-49)53(43)58-56(44,45)57-52(42)54(50)59(46-26-11-3-12-27-46)47-28-13-4-14-29-47/h1-18,20-23,26-37,44-45H,19,24-25,38-39H2/t44-,45-,56?/m1/s1. The Morgan fingerprint density at radius 3 is 1.02 bits per heavy atom. The molecular formula is C56H46O2P2. The normalized spacial score (nSPS) is 19.0. The van der Waals surface area contributed by atoms with Gasteiger partial charge in [-0.15, -0.1) is 0 Å². The van der Waals surface area contributed by atoms with Gasteiger partial charge in [0.2, 0.25) is 0 Å². The smallest absolute Gasteiger partial charge is 0.257 e. The van der Waals surface area contributed by atoms with Crippen molar-refractivity contribution in [3.63, 3.8) is 0 Å². The molecular weight excluding hydrogens is 767 g/mol. The van der Waals surface area contributed by atoms with Crippen molar-refractivity contribution in [3.8, 4) is 33.8 Å². The molecule has 60 heavy (non-hydrogen) atoms. The summed E-state index contributed by atoms with van der Waals surface area (Å²) in [5.41, 5.74) is 7.47. The summed E-state index contributed by atoms with van der Waals surface area (Å²) in [4.78, 5) is 0. The molecule has 2 atom stereocenters. The molecule has 0 amide bonds. The molecule has 2 heterocycles. The Kier molecular flexibility index (Phi) is 9.93. The van der Waals surface area contributed by atoms with Crippen LogP contribution < -0.4 is 41.3 Å². The molecule has 0 radical (unpaired) electrons. The summed E-state index contributed by atoms with van der Waals surface area (Å²) in [6.07, 6.45) is 5.19. The monoisotopic (exact) mass is 812 g/mol. The minimum atomic E-state index is -1.00. The maximum Gasteiger partial charge on any atom is 0.257 e. The third kappa shape index (κ3) is 6.59. The van der Waals surface area contributed by atoms with E-state index in [-0.39, 0.29) is 11.8 Å². The minimum absolute atomic E-state index is 0.222. The van der Waals surface area contributed by atoms with Gasteiger partial charge >= 0.3 is 0 Å². The molecule has 4 heteroatoms. The molecule has 8 aromatic rings. The first-order valence-electron chi connectivity index (χ1n) is 21.4. The van der Waals surface area contributed by atoms with Gasteiger partial charge in [-0.25, -0.2) is 0 Å². The van der Waals surface area contributed by atoms with Gasteiger partial charge in [-0.05, 0) is 96.1 Å². The van der Waals surface area contributed by atoms with Gasteiger partial charge in [0.05, 0.1) is 0 Å². The van der Waals surface area contributed by atoms with Crippen LogP contribution in [-0.4, -0.2) is 5.79 Å². The number of hydrogen-bond donors (Lipinski definition) is 0. The van der Waals surface area contributed by atoms with Gasteiger partial charge in [0.25, 0.3) is 5.79 Å². The molecule has 11 rings (SSSR count). The molecule has 0 unspecified atom stereocenters. The van der Waals surface area contributed by atoms with E-state index >= 15 is 0 Å². The number of rotatable bonds is 8. The van der Waals surface area contributed by atoms with Crippen molar-refractivity contribution in [2.24, 2.45) is 11.8 Å². The van der Waals surface area contributed by atoms with Gasteiger partial charge < -0.3 is 9.47 Å². The lowest BCUT2D eigenvalue weighted by molar-refractivity contribution is -0.225. The van der Waals surface area contributed by atoms with E-state index in [1.165, 1.54) is 71.6 Å². The summed E-state index contributed by atoms with van der Waals surface area (Å²) in [6.45, 7) is 0. The van der Waals surface area contributed by atoms with Gasteiger partial charge in [-0.1, -0.05) is 213 Å². The third-order valence-corrected chi connectivity index (χ3v) is 17.8. The lowest BCUT2D eigenvalue weighted by Crippen LogP contribution is -2.62. The van der Waals surface area contributed by atoms with E-state index in [0.717, 1.165) is 37.2 Å². The fourth-order valence-corrected chi connectivity index (χ4v) is 15.3. The van der Waals surface area contributed by atoms with E-state index < -0.39 is 21.6 Å². The Hall–Kier alpha value is -5.78. The fourth-order valence-electron chi connectivity index (χ4n) is 10.1. The fraction of sp³-hybridized carbons (Fsp3) is 0.143. The summed E-state index contributed by atoms with van der Waals surface area (Å²) >= 11 is 0. The maximum absolute atomic E-state index is 7.99. The van der Waals surface area contributed by atoms with Crippen LogP contribution >= 0.6 is 15.8 Å². The van der Waals surface area contributed by atoms with E-state index in [9.17, 15) is 0 Å². The summed E-state index contributed by atoms with van der Waals surface area (Å²) in [5.74, 6) is 1.68. The zero-order valence-electron chi connectivity index (χ0n) is 33.5. The van der Waals surface area contributed by atoms with Crippen molar-refractivity contribution in [1.82, 2.24) is 0 Å². The van der Waals surface area contributed by atoms with Crippen molar-refractivity contribution in [2.45, 2.75) is 37.9 Å². The lowest BCUT2D eigenvalue weighted by atomic mass is 9.68. The molecule has 2 nitrogen and oxygen atoms in total. The predicted molar refractivity (Wildman–Crippen MR) is 253 cm³/mol. The molecule has 0 saturated heterocycles.